The Bertz CT molecular complexity index is 3050. The summed E-state index contributed by atoms with van der Waals surface area (Å²) >= 11 is 3.76. The Morgan fingerprint density at radius 3 is 1.76 bits per heavy atom. The summed E-state index contributed by atoms with van der Waals surface area (Å²) in [5.74, 6) is 1.14. The van der Waals surface area contributed by atoms with Gasteiger partial charge in [0.2, 0.25) is 0 Å². The minimum Gasteiger partial charge on any atom is -0.229 e. The van der Waals surface area contributed by atoms with E-state index in [0.717, 1.165) is 5.84 Å². The van der Waals surface area contributed by atoms with Gasteiger partial charge in [0.1, 0.15) is 5.69 Å². The van der Waals surface area contributed by atoms with Crippen LogP contribution in [0, 0.1) is 0 Å². The van der Waals surface area contributed by atoms with Gasteiger partial charge in [-0.05, 0) is 75.8 Å². The highest BCUT2D eigenvalue weighted by molar-refractivity contribution is 7.26. The summed E-state index contributed by atoms with van der Waals surface area (Å²) < 4.78 is 7.74. The molecule has 0 radical (unpaired) electrons. The number of thiophene rings is 2. The fraction of sp³-hybridized carbons (Fsp3) is 0.0200. The van der Waals surface area contributed by atoms with Gasteiger partial charge in [0.25, 0.3) is 12.0 Å². The molecule has 0 saturated heterocycles. The SMILES string of the molecule is c1ccc(-c2ccc(-c3ccc(C4NC(c5cccc6c5sc5ccccc56)=[N+]4c4ccc5c(c4)sc4cccc(-c6ccccc6)c45)cc3)cc2)cc1. The lowest BCUT2D eigenvalue weighted by Crippen LogP contribution is -2.51. The van der Waals surface area contributed by atoms with Crippen molar-refractivity contribution in [2.45, 2.75) is 6.17 Å². The lowest BCUT2D eigenvalue weighted by molar-refractivity contribution is -0.531. The molecular weight excluding hydrogens is 693 g/mol. The van der Waals surface area contributed by atoms with Crippen LogP contribution in [-0.2, 0) is 0 Å². The quantitative estimate of drug-likeness (QED) is 0.169. The Hall–Kier alpha value is -6.33. The van der Waals surface area contributed by atoms with Gasteiger partial charge in [0, 0.05) is 47.3 Å². The maximum Gasteiger partial charge on any atom is 0.291 e. The molecule has 1 N–H and O–H groups in total. The molecule has 254 valence electrons. The Morgan fingerprint density at radius 1 is 0.407 bits per heavy atom. The summed E-state index contributed by atoms with van der Waals surface area (Å²) in [4.78, 5) is 0. The fourth-order valence-electron chi connectivity index (χ4n) is 8.14. The molecule has 2 nitrogen and oxygen atoms in total. The number of nitrogens with one attached hydrogen (secondary N) is 1. The van der Waals surface area contributed by atoms with E-state index in [1.54, 1.807) is 0 Å². The van der Waals surface area contributed by atoms with Gasteiger partial charge in [-0.25, -0.2) is 5.32 Å². The second-order valence-electron chi connectivity index (χ2n) is 13.9. The van der Waals surface area contributed by atoms with E-state index >= 15 is 0 Å². The van der Waals surface area contributed by atoms with Crippen molar-refractivity contribution in [3.8, 4) is 33.4 Å². The van der Waals surface area contributed by atoms with Crippen LogP contribution in [0.5, 0.6) is 0 Å². The minimum absolute atomic E-state index is 0.00847. The number of hydrogen-bond donors (Lipinski definition) is 1. The fourth-order valence-corrected chi connectivity index (χ4v) is 10.5. The van der Waals surface area contributed by atoms with Crippen molar-refractivity contribution < 1.29 is 4.58 Å². The summed E-state index contributed by atoms with van der Waals surface area (Å²) in [5, 5.41) is 9.20. The Morgan fingerprint density at radius 2 is 1.00 bits per heavy atom. The van der Waals surface area contributed by atoms with E-state index in [1.807, 2.05) is 22.7 Å². The van der Waals surface area contributed by atoms with Gasteiger partial charge in [-0.3, -0.25) is 0 Å². The molecule has 1 atom stereocenters. The maximum absolute atomic E-state index is 3.94. The smallest absolute Gasteiger partial charge is 0.229 e. The van der Waals surface area contributed by atoms with Crippen molar-refractivity contribution in [3.05, 3.63) is 199 Å². The van der Waals surface area contributed by atoms with Gasteiger partial charge in [-0.1, -0.05) is 140 Å². The first-order chi connectivity index (χ1) is 26.8. The van der Waals surface area contributed by atoms with Crippen LogP contribution in [0.4, 0.5) is 5.69 Å². The highest BCUT2D eigenvalue weighted by atomic mass is 32.1. The Kier molecular flexibility index (Phi) is 7.32. The van der Waals surface area contributed by atoms with Crippen LogP contribution in [-0.4, -0.2) is 10.4 Å². The van der Waals surface area contributed by atoms with Crippen LogP contribution in [0.25, 0.3) is 73.7 Å². The summed E-state index contributed by atoms with van der Waals surface area (Å²) in [6.45, 7) is 0. The molecule has 1 aliphatic heterocycles. The molecule has 1 unspecified atom stereocenters. The standard InChI is InChI=1S/C50H32N2S2/c1-3-11-32(12-4-1)33-21-23-34(24-22-33)35-25-27-37(28-26-35)49-51-50(43-18-9-17-41-40-15-7-8-19-44(40)54-48(41)43)52(49)38-29-30-42-46(31-38)53-45-20-10-16-39(47(42)45)36-13-5-2-6-14-36/h1-31,49H/p+1. The number of hydrogen-bond acceptors (Lipinski definition) is 3. The van der Waals surface area contributed by atoms with E-state index < -0.39 is 0 Å². The number of nitrogens with zero attached hydrogens (tertiary/aromatic N) is 1. The van der Waals surface area contributed by atoms with Crippen LogP contribution in [0.2, 0.25) is 0 Å². The molecule has 0 saturated carbocycles. The topological polar surface area (TPSA) is 15.0 Å². The second kappa shape index (κ2) is 12.7. The van der Waals surface area contributed by atoms with Gasteiger partial charge in [0.15, 0.2) is 0 Å². The molecule has 0 aliphatic carbocycles. The highest BCUT2D eigenvalue weighted by Crippen LogP contribution is 2.44. The number of benzene rings is 8. The van der Waals surface area contributed by atoms with Crippen LogP contribution in [0.3, 0.4) is 0 Å². The first kappa shape index (κ1) is 31.2. The average molecular weight is 726 g/mol. The Balaban J connectivity index is 1.03. The van der Waals surface area contributed by atoms with Crippen molar-refractivity contribution >= 4 is 74.5 Å². The van der Waals surface area contributed by atoms with E-state index in [1.165, 1.54) is 90.5 Å². The first-order valence-electron chi connectivity index (χ1n) is 18.4. The van der Waals surface area contributed by atoms with E-state index in [9.17, 15) is 0 Å². The normalized spacial score (nSPS) is 14.2. The highest BCUT2D eigenvalue weighted by Gasteiger charge is 2.41. The average Bonchev–Trinajstić information content (AvgIpc) is 3.80. The molecular formula is C50H33N2S2+. The third kappa shape index (κ3) is 5.10. The number of fused-ring (bicyclic) bond motifs is 6. The third-order valence-corrected chi connectivity index (χ3v) is 13.2. The van der Waals surface area contributed by atoms with Gasteiger partial charge in [-0.2, -0.15) is 4.58 Å². The van der Waals surface area contributed by atoms with Crippen molar-refractivity contribution in [1.82, 2.24) is 5.32 Å². The van der Waals surface area contributed by atoms with Crippen LogP contribution in [0.1, 0.15) is 17.3 Å². The maximum atomic E-state index is 3.94. The largest absolute Gasteiger partial charge is 0.291 e. The molecule has 11 rings (SSSR count). The molecule has 0 spiro atoms. The summed E-state index contributed by atoms with van der Waals surface area (Å²) in [6, 6.07) is 68.6. The van der Waals surface area contributed by atoms with E-state index in [4.69, 9.17) is 0 Å². The molecule has 10 aromatic rings. The number of amidine groups is 1. The summed E-state index contributed by atoms with van der Waals surface area (Å²) in [7, 11) is 0. The van der Waals surface area contributed by atoms with Crippen molar-refractivity contribution in [2.24, 2.45) is 0 Å². The van der Waals surface area contributed by atoms with Gasteiger partial charge in [0.05, 0.1) is 10.3 Å². The Labute approximate surface area is 321 Å². The summed E-state index contributed by atoms with van der Waals surface area (Å²) in [6.07, 6.45) is -0.00847. The molecule has 4 heteroatoms. The molecule has 0 amide bonds. The van der Waals surface area contributed by atoms with Crippen LogP contribution >= 0.6 is 22.7 Å². The minimum atomic E-state index is -0.00847. The van der Waals surface area contributed by atoms with Gasteiger partial charge >= 0.3 is 0 Å². The molecule has 2 aromatic heterocycles. The van der Waals surface area contributed by atoms with E-state index in [2.05, 4.69) is 198 Å². The molecule has 0 fully saturated rings. The molecule has 54 heavy (non-hydrogen) atoms. The van der Waals surface area contributed by atoms with Crippen LogP contribution < -0.4 is 5.32 Å². The zero-order valence-electron chi connectivity index (χ0n) is 29.2. The van der Waals surface area contributed by atoms with Crippen molar-refractivity contribution in [2.75, 3.05) is 0 Å². The molecule has 3 heterocycles. The zero-order valence-corrected chi connectivity index (χ0v) is 30.9. The lowest BCUT2D eigenvalue weighted by atomic mass is 9.98. The number of rotatable bonds is 6. The lowest BCUT2D eigenvalue weighted by Gasteiger charge is -2.29. The molecule has 1 aliphatic rings. The monoisotopic (exact) mass is 725 g/mol. The summed E-state index contributed by atoms with van der Waals surface area (Å²) in [5.41, 5.74) is 11.1. The van der Waals surface area contributed by atoms with Crippen LogP contribution in [0.15, 0.2) is 188 Å². The van der Waals surface area contributed by atoms with Crippen molar-refractivity contribution in [3.63, 3.8) is 0 Å². The van der Waals surface area contributed by atoms with Gasteiger partial charge in [-0.15, -0.1) is 22.7 Å². The van der Waals surface area contributed by atoms with Gasteiger partial charge < -0.3 is 0 Å². The zero-order chi connectivity index (χ0) is 35.6. The molecule has 0 bridgehead atoms. The molecule has 8 aromatic carbocycles. The predicted octanol–water partition coefficient (Wildman–Crippen LogP) is 13.8. The van der Waals surface area contributed by atoms with E-state index in [0.29, 0.717) is 0 Å². The second-order valence-corrected chi connectivity index (χ2v) is 16.1. The van der Waals surface area contributed by atoms with Crippen molar-refractivity contribution in [1.29, 1.82) is 0 Å². The van der Waals surface area contributed by atoms with E-state index in [-0.39, 0.29) is 6.17 Å². The third-order valence-electron chi connectivity index (χ3n) is 10.8. The predicted molar refractivity (Wildman–Crippen MR) is 231 cm³/mol. The first-order valence-corrected chi connectivity index (χ1v) is 20.0.